The number of methoxy groups -OCH3 is 2. The summed E-state index contributed by atoms with van der Waals surface area (Å²) in [7, 11) is 2.92. The maximum absolute atomic E-state index is 12.8. The quantitative estimate of drug-likeness (QED) is 0.289. The number of ether oxygens (including phenoxy) is 3. The summed E-state index contributed by atoms with van der Waals surface area (Å²) in [5.41, 5.74) is 2.71. The number of esters is 1. The first-order chi connectivity index (χ1) is 16.9. The fraction of sp³-hybridized carbons (Fsp3) is 0.292. The SMILES string of the molecule is CCSc1nc2n(n1)C(c1ccc(OCc3ccc(Cl)c(Cl)c3)c(OC)c1)C(C(=O)OC)=C(C)N2. The molecule has 0 bridgehead atoms. The molecule has 184 valence electrons. The zero-order chi connectivity index (χ0) is 25.1. The number of hydrogen-bond donors (Lipinski definition) is 1. The van der Waals surface area contributed by atoms with Crippen LogP contribution in [0.2, 0.25) is 10.0 Å². The van der Waals surface area contributed by atoms with E-state index in [1.807, 2.05) is 32.0 Å². The molecule has 1 N–H and O–H groups in total. The first-order valence-corrected chi connectivity index (χ1v) is 12.5. The summed E-state index contributed by atoms with van der Waals surface area (Å²) < 4.78 is 18.4. The molecule has 2 heterocycles. The molecule has 2 aromatic carbocycles. The van der Waals surface area contributed by atoms with Crippen molar-refractivity contribution in [2.45, 2.75) is 31.7 Å². The molecule has 1 atom stereocenters. The number of fused-ring (bicyclic) bond motifs is 1. The summed E-state index contributed by atoms with van der Waals surface area (Å²) in [6.45, 7) is 4.12. The number of aromatic nitrogens is 3. The summed E-state index contributed by atoms with van der Waals surface area (Å²) in [5, 5.41) is 9.37. The third kappa shape index (κ3) is 5.22. The molecule has 3 aromatic rings. The van der Waals surface area contributed by atoms with Crippen molar-refractivity contribution < 1.29 is 19.0 Å². The van der Waals surface area contributed by atoms with Gasteiger partial charge in [0.15, 0.2) is 11.5 Å². The van der Waals surface area contributed by atoms with E-state index in [9.17, 15) is 4.79 Å². The Balaban J connectivity index is 1.70. The summed E-state index contributed by atoms with van der Waals surface area (Å²) in [6.07, 6.45) is 0. The van der Waals surface area contributed by atoms with Gasteiger partial charge in [-0.25, -0.2) is 9.48 Å². The third-order valence-corrected chi connectivity index (χ3v) is 6.85. The summed E-state index contributed by atoms with van der Waals surface area (Å²) >= 11 is 13.6. The molecule has 35 heavy (non-hydrogen) atoms. The predicted octanol–water partition coefficient (Wildman–Crippen LogP) is 5.75. The van der Waals surface area contributed by atoms with Crippen molar-refractivity contribution in [1.29, 1.82) is 0 Å². The van der Waals surface area contributed by atoms with E-state index < -0.39 is 12.0 Å². The number of carbonyl (C=O) groups is 1. The lowest BCUT2D eigenvalue weighted by atomic mass is 9.95. The first kappa shape index (κ1) is 25.2. The van der Waals surface area contributed by atoms with E-state index in [0.717, 1.165) is 16.9 Å². The first-order valence-electron chi connectivity index (χ1n) is 10.8. The van der Waals surface area contributed by atoms with Crippen LogP contribution in [-0.2, 0) is 16.1 Å². The molecular weight excluding hydrogens is 511 g/mol. The second kappa shape index (κ2) is 10.8. The van der Waals surface area contributed by atoms with Gasteiger partial charge in [-0.3, -0.25) is 0 Å². The predicted molar refractivity (Wildman–Crippen MR) is 137 cm³/mol. The number of nitrogens with zero attached hydrogens (tertiary/aromatic N) is 3. The van der Waals surface area contributed by atoms with E-state index in [-0.39, 0.29) is 6.61 Å². The van der Waals surface area contributed by atoms with Gasteiger partial charge in [-0.1, -0.05) is 54.0 Å². The van der Waals surface area contributed by atoms with Crippen LogP contribution in [0.3, 0.4) is 0 Å². The van der Waals surface area contributed by atoms with Gasteiger partial charge in [-0.15, -0.1) is 5.10 Å². The monoisotopic (exact) mass is 534 g/mol. The summed E-state index contributed by atoms with van der Waals surface area (Å²) in [6, 6.07) is 10.3. The molecule has 0 amide bonds. The van der Waals surface area contributed by atoms with E-state index in [1.165, 1.54) is 18.9 Å². The highest BCUT2D eigenvalue weighted by Crippen LogP contribution is 2.40. The van der Waals surface area contributed by atoms with Gasteiger partial charge in [0.25, 0.3) is 0 Å². The van der Waals surface area contributed by atoms with Gasteiger partial charge < -0.3 is 19.5 Å². The van der Waals surface area contributed by atoms with Gasteiger partial charge in [-0.2, -0.15) is 4.98 Å². The number of anilines is 1. The number of benzene rings is 2. The van der Waals surface area contributed by atoms with Crippen molar-refractivity contribution in [3.05, 3.63) is 68.8 Å². The van der Waals surface area contributed by atoms with E-state index >= 15 is 0 Å². The van der Waals surface area contributed by atoms with Gasteiger partial charge in [0, 0.05) is 5.70 Å². The van der Waals surface area contributed by atoms with Crippen LogP contribution in [0.15, 0.2) is 52.8 Å². The van der Waals surface area contributed by atoms with Crippen LogP contribution in [0.4, 0.5) is 5.95 Å². The molecule has 0 saturated carbocycles. The van der Waals surface area contributed by atoms with Gasteiger partial charge in [0.05, 0.1) is 29.8 Å². The lowest BCUT2D eigenvalue weighted by molar-refractivity contribution is -0.136. The summed E-state index contributed by atoms with van der Waals surface area (Å²) in [4.78, 5) is 17.3. The van der Waals surface area contributed by atoms with Crippen molar-refractivity contribution in [2.24, 2.45) is 0 Å². The standard InChI is InChI=1S/C24H24Cl2N4O4S/c1-5-35-24-28-23-27-13(2)20(22(31)33-4)21(30(23)29-24)15-7-9-18(19(11-15)32-3)34-12-14-6-8-16(25)17(26)10-14/h6-11,21H,5,12H2,1-4H3,(H,27,28,29). The van der Waals surface area contributed by atoms with Crippen LogP contribution in [0, 0.1) is 0 Å². The molecule has 0 fully saturated rings. The maximum atomic E-state index is 12.8. The van der Waals surface area contributed by atoms with Crippen LogP contribution in [0.25, 0.3) is 0 Å². The second-order valence-corrected chi connectivity index (χ2v) is 9.65. The molecule has 0 radical (unpaired) electrons. The Morgan fingerprint density at radius 2 is 1.94 bits per heavy atom. The number of thioether (sulfide) groups is 1. The number of halogens is 2. The van der Waals surface area contributed by atoms with Gasteiger partial charge in [0.1, 0.15) is 12.6 Å². The van der Waals surface area contributed by atoms with Crippen LogP contribution in [-0.4, -0.2) is 40.7 Å². The van der Waals surface area contributed by atoms with Crippen LogP contribution < -0.4 is 14.8 Å². The number of carbonyl (C=O) groups excluding carboxylic acids is 1. The molecule has 1 aromatic heterocycles. The van der Waals surface area contributed by atoms with E-state index in [1.54, 1.807) is 30.0 Å². The van der Waals surface area contributed by atoms with Gasteiger partial charge in [0.2, 0.25) is 11.1 Å². The van der Waals surface area contributed by atoms with Crippen LogP contribution >= 0.6 is 35.0 Å². The van der Waals surface area contributed by atoms with E-state index in [4.69, 9.17) is 37.4 Å². The van der Waals surface area contributed by atoms with Crippen molar-refractivity contribution >= 4 is 46.9 Å². The maximum Gasteiger partial charge on any atom is 0.338 e. The Morgan fingerprint density at radius 3 is 2.63 bits per heavy atom. The number of allylic oxidation sites excluding steroid dienone is 1. The second-order valence-electron chi connectivity index (χ2n) is 7.60. The Hall–Kier alpha value is -2.88. The minimum atomic E-state index is -0.560. The van der Waals surface area contributed by atoms with Crippen molar-refractivity contribution in [3.63, 3.8) is 0 Å². The zero-order valence-corrected chi connectivity index (χ0v) is 21.9. The molecule has 1 aliphatic rings. The topological polar surface area (TPSA) is 87.5 Å². The van der Waals surface area contributed by atoms with Crippen LogP contribution in [0.1, 0.15) is 31.0 Å². The largest absolute Gasteiger partial charge is 0.493 e. The number of rotatable bonds is 8. The molecule has 11 heteroatoms. The molecule has 0 saturated heterocycles. The average molecular weight is 535 g/mol. The average Bonchev–Trinajstić information content (AvgIpc) is 3.25. The van der Waals surface area contributed by atoms with Crippen molar-refractivity contribution in [1.82, 2.24) is 14.8 Å². The lowest BCUT2D eigenvalue weighted by Crippen LogP contribution is -2.29. The van der Waals surface area contributed by atoms with Crippen molar-refractivity contribution in [3.8, 4) is 11.5 Å². The molecule has 1 aliphatic heterocycles. The highest BCUT2D eigenvalue weighted by molar-refractivity contribution is 7.99. The number of nitrogens with one attached hydrogen (secondary N) is 1. The van der Waals surface area contributed by atoms with Gasteiger partial charge in [-0.05, 0) is 48.1 Å². The zero-order valence-electron chi connectivity index (χ0n) is 19.6. The van der Waals surface area contributed by atoms with Crippen LogP contribution in [0.5, 0.6) is 11.5 Å². The fourth-order valence-corrected chi connectivity index (χ4v) is 4.64. The molecule has 1 unspecified atom stereocenters. The Morgan fingerprint density at radius 1 is 1.14 bits per heavy atom. The normalized spacial score (nSPS) is 14.9. The molecule has 4 rings (SSSR count). The molecule has 8 nitrogen and oxygen atoms in total. The summed E-state index contributed by atoms with van der Waals surface area (Å²) in [5.74, 6) is 1.97. The van der Waals surface area contributed by atoms with Gasteiger partial charge >= 0.3 is 5.97 Å². The lowest BCUT2D eigenvalue weighted by Gasteiger charge is -2.28. The fourth-order valence-electron chi connectivity index (χ4n) is 3.77. The molecular formula is C24H24Cl2N4O4S. The minimum absolute atomic E-state index is 0.275. The highest BCUT2D eigenvalue weighted by Gasteiger charge is 2.35. The smallest absolute Gasteiger partial charge is 0.338 e. The Kier molecular flexibility index (Phi) is 7.78. The van der Waals surface area contributed by atoms with E-state index in [0.29, 0.717) is 43.9 Å². The third-order valence-electron chi connectivity index (χ3n) is 5.39. The highest BCUT2D eigenvalue weighted by atomic mass is 35.5. The number of hydrogen-bond acceptors (Lipinski definition) is 8. The molecule has 0 aliphatic carbocycles. The Bertz CT molecular complexity index is 1290. The van der Waals surface area contributed by atoms with E-state index in [2.05, 4.69) is 15.4 Å². The minimum Gasteiger partial charge on any atom is -0.493 e. The molecule has 0 spiro atoms. The van der Waals surface area contributed by atoms with Crippen molar-refractivity contribution in [2.75, 3.05) is 25.3 Å². The Labute approximate surface area is 217 Å².